The van der Waals surface area contributed by atoms with E-state index in [2.05, 4.69) is 20.3 Å². The molecular weight excluding hydrogens is 405 g/mol. The Hall–Kier alpha value is -3.06. The van der Waals surface area contributed by atoms with Gasteiger partial charge in [-0.15, -0.1) is 0 Å². The average molecular weight is 430 g/mol. The summed E-state index contributed by atoms with van der Waals surface area (Å²) < 4.78 is 14.6. The number of anilines is 3. The van der Waals surface area contributed by atoms with Crippen LogP contribution < -0.4 is 16.6 Å². The summed E-state index contributed by atoms with van der Waals surface area (Å²) >= 11 is 6.00. The van der Waals surface area contributed by atoms with Crippen LogP contribution in [0.4, 0.5) is 21.6 Å². The molecule has 0 saturated carbocycles. The number of nitrogens with one attached hydrogen (secondary N) is 3. The number of hydrogen-bond donors (Lipinski definition) is 4. The summed E-state index contributed by atoms with van der Waals surface area (Å²) in [6.07, 6.45) is 3.28. The first-order valence-corrected chi connectivity index (χ1v) is 10.1. The van der Waals surface area contributed by atoms with E-state index in [1.54, 1.807) is 32.2 Å². The molecular formula is C22H25ClFN5O. The molecule has 0 spiro atoms. The molecule has 8 heteroatoms. The lowest BCUT2D eigenvalue weighted by atomic mass is 10.0. The summed E-state index contributed by atoms with van der Waals surface area (Å²) in [6, 6.07) is 5.27. The lowest BCUT2D eigenvalue weighted by molar-refractivity contribution is 0.608. The molecule has 0 aliphatic rings. The number of fused-ring (bicyclic) bond motifs is 1. The molecule has 0 aliphatic carbocycles. The molecule has 30 heavy (non-hydrogen) atoms. The summed E-state index contributed by atoms with van der Waals surface area (Å²) in [5.41, 5.74) is 8.66. The van der Waals surface area contributed by atoms with E-state index in [-0.39, 0.29) is 29.0 Å². The predicted molar refractivity (Wildman–Crippen MR) is 123 cm³/mol. The molecule has 0 atom stereocenters. The van der Waals surface area contributed by atoms with Gasteiger partial charge in [0.05, 0.1) is 16.9 Å². The number of halogens is 2. The number of hydrogen-bond acceptors (Lipinski definition) is 4. The number of nitrogens with two attached hydrogens (primary N) is 1. The van der Waals surface area contributed by atoms with Gasteiger partial charge in [-0.1, -0.05) is 32.4 Å². The van der Waals surface area contributed by atoms with E-state index in [4.69, 9.17) is 17.3 Å². The highest BCUT2D eigenvalue weighted by molar-refractivity contribution is 6.29. The van der Waals surface area contributed by atoms with Crippen LogP contribution in [-0.4, -0.2) is 15.0 Å². The molecule has 0 aromatic carbocycles. The van der Waals surface area contributed by atoms with Gasteiger partial charge in [-0.2, -0.15) is 0 Å². The van der Waals surface area contributed by atoms with Gasteiger partial charge in [-0.05, 0) is 43.5 Å². The Kier molecular flexibility index (Phi) is 6.31. The Morgan fingerprint density at radius 2 is 2.07 bits per heavy atom. The van der Waals surface area contributed by atoms with Gasteiger partial charge in [0.15, 0.2) is 0 Å². The Balaban J connectivity index is 2.21. The van der Waals surface area contributed by atoms with Crippen LogP contribution in [-0.2, 0) is 0 Å². The van der Waals surface area contributed by atoms with E-state index in [0.29, 0.717) is 27.9 Å². The zero-order valence-corrected chi connectivity index (χ0v) is 18.1. The summed E-state index contributed by atoms with van der Waals surface area (Å²) in [4.78, 5) is 23.0. The number of H-pyrrole nitrogens is 2. The van der Waals surface area contributed by atoms with Crippen LogP contribution in [0.3, 0.4) is 0 Å². The summed E-state index contributed by atoms with van der Waals surface area (Å²) in [6.45, 7) is 7.27. The first-order chi connectivity index (χ1) is 14.2. The van der Waals surface area contributed by atoms with Gasteiger partial charge < -0.3 is 21.0 Å². The number of nitrogen functional groups attached to an aromatic ring is 1. The number of aromatic amines is 2. The van der Waals surface area contributed by atoms with Crippen molar-refractivity contribution in [1.82, 2.24) is 15.0 Å². The summed E-state index contributed by atoms with van der Waals surface area (Å²) in [5.74, 6) is 0.112. The quantitative estimate of drug-likeness (QED) is 0.364. The van der Waals surface area contributed by atoms with Crippen LogP contribution in [0.1, 0.15) is 51.3 Å². The number of pyridine rings is 2. The first kappa shape index (κ1) is 21.6. The fraction of sp³-hybridized carbons (Fsp3) is 0.273. The molecule has 0 saturated heterocycles. The minimum atomic E-state index is -0.409. The SMILES string of the molecule is CC/C(F)=C(\C=C(/C)Cl)c1cc(Nc2ccnc3[nH]c(N)cc23)c(C(C)C)[nH]c1=O. The van der Waals surface area contributed by atoms with Crippen LogP contribution in [0.5, 0.6) is 0 Å². The molecule has 0 radical (unpaired) electrons. The second-order valence-electron chi connectivity index (χ2n) is 7.37. The third-order valence-electron chi connectivity index (χ3n) is 4.71. The van der Waals surface area contributed by atoms with Crippen LogP contribution in [0.25, 0.3) is 16.6 Å². The molecule has 0 fully saturated rings. The van der Waals surface area contributed by atoms with E-state index < -0.39 is 5.83 Å². The molecule has 0 amide bonds. The van der Waals surface area contributed by atoms with Crippen LogP contribution in [0, 0.1) is 0 Å². The molecule has 3 aromatic heterocycles. The summed E-state index contributed by atoms with van der Waals surface area (Å²) in [7, 11) is 0. The molecule has 5 N–H and O–H groups in total. The van der Waals surface area contributed by atoms with Crippen molar-refractivity contribution in [1.29, 1.82) is 0 Å². The minimum absolute atomic E-state index is 0.0247. The lowest BCUT2D eigenvalue weighted by Gasteiger charge is -2.17. The van der Waals surface area contributed by atoms with Gasteiger partial charge in [-0.3, -0.25) is 4.79 Å². The predicted octanol–water partition coefficient (Wildman–Crippen LogP) is 5.93. The Morgan fingerprint density at radius 3 is 2.70 bits per heavy atom. The standard InChI is InChI=1S/C22H25ClFN5O/c1-5-16(24)13(8-12(4)23)14-9-18(20(11(2)3)29-22(14)30)27-17-6-7-26-21-15(17)10-19(25)28-21/h6-11H,5,25H2,1-4H3,(H,29,30)(H2,26,27,28)/b12-8+,16-13-. The maximum Gasteiger partial charge on any atom is 0.256 e. The van der Waals surface area contributed by atoms with Crippen LogP contribution in [0.2, 0.25) is 0 Å². The zero-order chi connectivity index (χ0) is 22.0. The molecule has 3 rings (SSSR count). The fourth-order valence-corrected chi connectivity index (χ4v) is 3.41. The third kappa shape index (κ3) is 4.41. The Bertz CT molecular complexity index is 1200. The smallest absolute Gasteiger partial charge is 0.256 e. The van der Waals surface area contributed by atoms with Gasteiger partial charge in [-0.25, -0.2) is 9.37 Å². The van der Waals surface area contributed by atoms with Crippen molar-refractivity contribution in [2.75, 3.05) is 11.1 Å². The van der Waals surface area contributed by atoms with E-state index >= 15 is 0 Å². The monoisotopic (exact) mass is 429 g/mol. The van der Waals surface area contributed by atoms with E-state index in [0.717, 1.165) is 11.1 Å². The van der Waals surface area contributed by atoms with Crippen molar-refractivity contribution in [3.05, 3.63) is 62.9 Å². The highest BCUT2D eigenvalue weighted by Gasteiger charge is 2.17. The topological polar surface area (TPSA) is 99.6 Å². The molecule has 0 aliphatic heterocycles. The number of nitrogens with zero attached hydrogens (tertiary/aromatic N) is 1. The van der Waals surface area contributed by atoms with E-state index in [1.807, 2.05) is 19.9 Å². The number of aromatic nitrogens is 3. The van der Waals surface area contributed by atoms with Gasteiger partial charge in [0.25, 0.3) is 5.56 Å². The van der Waals surface area contributed by atoms with Crippen molar-refractivity contribution in [2.24, 2.45) is 0 Å². The van der Waals surface area contributed by atoms with Gasteiger partial charge in [0.2, 0.25) is 0 Å². The lowest BCUT2D eigenvalue weighted by Crippen LogP contribution is -2.17. The van der Waals surface area contributed by atoms with E-state index in [1.165, 1.54) is 6.08 Å². The maximum atomic E-state index is 14.6. The van der Waals surface area contributed by atoms with Gasteiger partial charge in [0, 0.05) is 27.9 Å². The molecule has 6 nitrogen and oxygen atoms in total. The van der Waals surface area contributed by atoms with Crippen LogP contribution in [0.15, 0.2) is 46.1 Å². The fourth-order valence-electron chi connectivity index (χ4n) is 3.30. The average Bonchev–Trinajstić information content (AvgIpc) is 3.07. The molecule has 0 unspecified atom stereocenters. The third-order valence-corrected chi connectivity index (χ3v) is 4.82. The van der Waals surface area contributed by atoms with Gasteiger partial charge >= 0.3 is 0 Å². The zero-order valence-electron chi connectivity index (χ0n) is 17.4. The second kappa shape index (κ2) is 8.75. The summed E-state index contributed by atoms with van der Waals surface area (Å²) in [5, 5.41) is 4.55. The molecule has 3 heterocycles. The Morgan fingerprint density at radius 1 is 1.33 bits per heavy atom. The maximum absolute atomic E-state index is 14.6. The van der Waals surface area contributed by atoms with Crippen molar-refractivity contribution in [3.63, 3.8) is 0 Å². The largest absolute Gasteiger partial charge is 0.385 e. The molecule has 158 valence electrons. The Labute approximate surface area is 179 Å². The minimum Gasteiger partial charge on any atom is -0.385 e. The van der Waals surface area contributed by atoms with E-state index in [9.17, 15) is 9.18 Å². The van der Waals surface area contributed by atoms with Crippen molar-refractivity contribution < 1.29 is 4.39 Å². The van der Waals surface area contributed by atoms with Gasteiger partial charge in [0.1, 0.15) is 17.3 Å². The van der Waals surface area contributed by atoms with Crippen molar-refractivity contribution >= 4 is 45.4 Å². The second-order valence-corrected chi connectivity index (χ2v) is 7.96. The highest BCUT2D eigenvalue weighted by Crippen LogP contribution is 2.32. The highest BCUT2D eigenvalue weighted by atomic mass is 35.5. The van der Waals surface area contributed by atoms with Crippen molar-refractivity contribution in [3.8, 4) is 0 Å². The molecule has 3 aromatic rings. The van der Waals surface area contributed by atoms with Crippen LogP contribution >= 0.6 is 11.6 Å². The first-order valence-electron chi connectivity index (χ1n) is 9.71. The van der Waals surface area contributed by atoms with Crippen molar-refractivity contribution in [2.45, 2.75) is 40.0 Å². The number of allylic oxidation sites excluding steroid dienone is 4. The molecule has 0 bridgehead atoms. The normalized spacial score (nSPS) is 13.1. The number of rotatable bonds is 6.